The topological polar surface area (TPSA) is 39.1 Å². The van der Waals surface area contributed by atoms with Crippen LogP contribution in [0.4, 0.5) is 0 Å². The molecule has 0 heterocycles. The van der Waals surface area contributed by atoms with E-state index in [9.17, 15) is 5.26 Å². The summed E-state index contributed by atoms with van der Waals surface area (Å²) in [7, 11) is 2.20. The van der Waals surface area contributed by atoms with Crippen LogP contribution in [0.15, 0.2) is 30.3 Å². The van der Waals surface area contributed by atoms with E-state index < -0.39 is 0 Å². The van der Waals surface area contributed by atoms with Crippen molar-refractivity contribution >= 4 is 0 Å². The maximum Gasteiger partial charge on any atom is 0.108 e. The third-order valence-corrected chi connectivity index (χ3v) is 4.64. The highest BCUT2D eigenvalue weighted by atomic mass is 15.1. The summed E-state index contributed by atoms with van der Waals surface area (Å²) in [4.78, 5) is 2.43. The van der Waals surface area contributed by atoms with E-state index in [1.165, 1.54) is 5.56 Å². The van der Waals surface area contributed by atoms with Gasteiger partial charge in [0.15, 0.2) is 0 Å². The molecule has 1 N–H and O–H groups in total. The number of benzene rings is 1. The summed E-state index contributed by atoms with van der Waals surface area (Å²) in [5.41, 5.74) is 1.10. The van der Waals surface area contributed by atoms with Gasteiger partial charge in [-0.2, -0.15) is 5.26 Å². The van der Waals surface area contributed by atoms with E-state index >= 15 is 0 Å². The highest BCUT2D eigenvalue weighted by Gasteiger charge is 2.40. The third kappa shape index (κ3) is 4.30. The maximum absolute atomic E-state index is 9.52. The van der Waals surface area contributed by atoms with Crippen molar-refractivity contribution in [3.05, 3.63) is 35.9 Å². The second kappa shape index (κ2) is 7.59. The van der Waals surface area contributed by atoms with Crippen molar-refractivity contribution in [2.24, 2.45) is 0 Å². The number of likely N-dealkylation sites (N-methyl/N-ethyl adjacent to an activating group) is 1. The van der Waals surface area contributed by atoms with Crippen LogP contribution in [0.3, 0.4) is 0 Å². The number of nitrogens with zero attached hydrogens (tertiary/aromatic N) is 2. The van der Waals surface area contributed by atoms with Crippen molar-refractivity contribution < 1.29 is 0 Å². The molecule has 0 spiro atoms. The lowest BCUT2D eigenvalue weighted by Crippen LogP contribution is -2.44. The fourth-order valence-electron chi connectivity index (χ4n) is 3.19. The Hall–Kier alpha value is -1.37. The van der Waals surface area contributed by atoms with E-state index in [1.54, 1.807) is 0 Å². The standard InChI is InChI=1S/C18H27N3/c1-3-12-20-18(15-19)11-9-17(14-18)21(2)13-10-16-7-5-4-6-8-16/h4-8,17,20H,3,9-14H2,1-2H3. The molecule has 2 unspecified atom stereocenters. The SMILES string of the molecule is CCCNC1(C#N)CCC(N(C)CCc2ccccc2)C1. The molecule has 1 aromatic carbocycles. The predicted molar refractivity (Wildman–Crippen MR) is 87.1 cm³/mol. The summed E-state index contributed by atoms with van der Waals surface area (Å²) in [6, 6.07) is 13.7. The van der Waals surface area contributed by atoms with Crippen molar-refractivity contribution in [3.8, 4) is 6.07 Å². The van der Waals surface area contributed by atoms with Crippen LogP contribution >= 0.6 is 0 Å². The van der Waals surface area contributed by atoms with Crippen LogP contribution in [0.2, 0.25) is 0 Å². The molecular formula is C18H27N3. The van der Waals surface area contributed by atoms with Gasteiger partial charge in [-0.05, 0) is 51.3 Å². The smallest absolute Gasteiger partial charge is 0.108 e. The summed E-state index contributed by atoms with van der Waals surface area (Å²) >= 11 is 0. The number of rotatable bonds is 7. The molecular weight excluding hydrogens is 258 g/mol. The maximum atomic E-state index is 9.52. The van der Waals surface area contributed by atoms with Gasteiger partial charge in [0.2, 0.25) is 0 Å². The van der Waals surface area contributed by atoms with Gasteiger partial charge >= 0.3 is 0 Å². The number of hydrogen-bond acceptors (Lipinski definition) is 3. The first kappa shape index (κ1) is 16.0. The molecule has 0 aromatic heterocycles. The van der Waals surface area contributed by atoms with Crippen LogP contribution in [-0.4, -0.2) is 36.6 Å². The molecule has 1 aromatic rings. The van der Waals surface area contributed by atoms with E-state index in [0.29, 0.717) is 6.04 Å². The number of nitriles is 1. The van der Waals surface area contributed by atoms with Crippen LogP contribution in [-0.2, 0) is 6.42 Å². The van der Waals surface area contributed by atoms with Gasteiger partial charge < -0.3 is 4.90 Å². The van der Waals surface area contributed by atoms with Gasteiger partial charge in [0, 0.05) is 12.6 Å². The minimum Gasteiger partial charge on any atom is -0.303 e. The lowest BCUT2D eigenvalue weighted by molar-refractivity contribution is 0.238. The Balaban J connectivity index is 1.84. The molecule has 1 aliphatic rings. The Morgan fingerprint density at radius 3 is 2.81 bits per heavy atom. The van der Waals surface area contributed by atoms with Crippen LogP contribution in [0.25, 0.3) is 0 Å². The average molecular weight is 285 g/mol. The summed E-state index contributed by atoms with van der Waals surface area (Å²) in [6.07, 6.45) is 5.21. The summed E-state index contributed by atoms with van der Waals surface area (Å²) in [5.74, 6) is 0. The fourth-order valence-corrected chi connectivity index (χ4v) is 3.19. The van der Waals surface area contributed by atoms with E-state index in [0.717, 1.165) is 45.2 Å². The molecule has 0 bridgehead atoms. The molecule has 0 saturated heterocycles. The Kier molecular flexibility index (Phi) is 5.78. The lowest BCUT2D eigenvalue weighted by Gasteiger charge is -2.27. The molecule has 21 heavy (non-hydrogen) atoms. The monoisotopic (exact) mass is 285 g/mol. The normalized spacial score (nSPS) is 25.1. The summed E-state index contributed by atoms with van der Waals surface area (Å²) in [5, 5.41) is 13.0. The zero-order valence-corrected chi connectivity index (χ0v) is 13.3. The van der Waals surface area contributed by atoms with Gasteiger partial charge in [0.25, 0.3) is 0 Å². The zero-order valence-electron chi connectivity index (χ0n) is 13.3. The van der Waals surface area contributed by atoms with Crippen LogP contribution in [0, 0.1) is 11.3 Å². The molecule has 0 aliphatic heterocycles. The van der Waals surface area contributed by atoms with Gasteiger partial charge in [0.05, 0.1) is 6.07 Å². The van der Waals surface area contributed by atoms with Crippen LogP contribution < -0.4 is 5.32 Å². The van der Waals surface area contributed by atoms with E-state index in [1.807, 2.05) is 0 Å². The molecule has 1 fully saturated rings. The van der Waals surface area contributed by atoms with Crippen LogP contribution in [0.1, 0.15) is 38.2 Å². The quantitative estimate of drug-likeness (QED) is 0.837. The highest BCUT2D eigenvalue weighted by Crippen LogP contribution is 2.32. The minimum absolute atomic E-state index is 0.290. The van der Waals surface area contributed by atoms with E-state index in [-0.39, 0.29) is 5.54 Å². The van der Waals surface area contributed by atoms with Crippen molar-refractivity contribution in [1.82, 2.24) is 10.2 Å². The van der Waals surface area contributed by atoms with E-state index in [2.05, 4.69) is 60.6 Å². The van der Waals surface area contributed by atoms with Crippen molar-refractivity contribution in [2.45, 2.75) is 50.6 Å². The Morgan fingerprint density at radius 2 is 2.14 bits per heavy atom. The van der Waals surface area contributed by atoms with E-state index in [4.69, 9.17) is 0 Å². The van der Waals surface area contributed by atoms with Crippen LogP contribution in [0.5, 0.6) is 0 Å². The first-order valence-electron chi connectivity index (χ1n) is 8.09. The molecule has 3 heteroatoms. The van der Waals surface area contributed by atoms with Gasteiger partial charge in [-0.25, -0.2) is 0 Å². The predicted octanol–water partition coefficient (Wildman–Crippen LogP) is 2.98. The molecule has 0 radical (unpaired) electrons. The first-order chi connectivity index (χ1) is 10.2. The number of hydrogen-bond donors (Lipinski definition) is 1. The highest BCUT2D eigenvalue weighted by molar-refractivity contribution is 5.16. The minimum atomic E-state index is -0.290. The second-order valence-electron chi connectivity index (χ2n) is 6.23. The Morgan fingerprint density at radius 1 is 1.38 bits per heavy atom. The lowest BCUT2D eigenvalue weighted by atomic mass is 9.99. The number of nitrogens with one attached hydrogen (secondary N) is 1. The third-order valence-electron chi connectivity index (χ3n) is 4.64. The summed E-state index contributed by atoms with van der Waals surface area (Å²) in [6.45, 7) is 4.15. The zero-order chi connectivity index (χ0) is 15.1. The van der Waals surface area contributed by atoms with Crippen molar-refractivity contribution in [1.29, 1.82) is 5.26 Å². The molecule has 1 saturated carbocycles. The average Bonchev–Trinajstić information content (AvgIpc) is 2.97. The van der Waals surface area contributed by atoms with Crippen molar-refractivity contribution in [3.63, 3.8) is 0 Å². The summed E-state index contributed by atoms with van der Waals surface area (Å²) < 4.78 is 0. The largest absolute Gasteiger partial charge is 0.303 e. The molecule has 2 rings (SSSR count). The fraction of sp³-hybridized carbons (Fsp3) is 0.611. The molecule has 3 nitrogen and oxygen atoms in total. The Labute approximate surface area is 129 Å². The molecule has 1 aliphatic carbocycles. The van der Waals surface area contributed by atoms with Crippen molar-refractivity contribution in [2.75, 3.05) is 20.1 Å². The van der Waals surface area contributed by atoms with Gasteiger partial charge in [0.1, 0.15) is 5.54 Å². The molecule has 0 amide bonds. The molecule has 114 valence electrons. The van der Waals surface area contributed by atoms with Gasteiger partial charge in [-0.15, -0.1) is 0 Å². The van der Waals surface area contributed by atoms with Gasteiger partial charge in [-0.1, -0.05) is 37.3 Å². The first-order valence-corrected chi connectivity index (χ1v) is 8.09. The molecule has 2 atom stereocenters. The van der Waals surface area contributed by atoms with Gasteiger partial charge in [-0.3, -0.25) is 5.32 Å². The Bertz CT molecular complexity index is 465. The second-order valence-corrected chi connectivity index (χ2v) is 6.23.